The van der Waals surface area contributed by atoms with E-state index in [-0.39, 0.29) is 11.6 Å². The van der Waals surface area contributed by atoms with Crippen molar-refractivity contribution in [2.24, 2.45) is 0 Å². The number of rotatable bonds is 4. The molecule has 4 aromatic carbocycles. The third-order valence-corrected chi connectivity index (χ3v) is 4.47. The predicted molar refractivity (Wildman–Crippen MR) is 110 cm³/mol. The summed E-state index contributed by atoms with van der Waals surface area (Å²) in [7, 11) is 0. The topological polar surface area (TPSA) is 35.5 Å². The maximum absolute atomic E-state index is 13.0. The molecule has 0 aliphatic rings. The van der Waals surface area contributed by atoms with Crippen molar-refractivity contribution in [1.29, 1.82) is 0 Å². The van der Waals surface area contributed by atoms with E-state index in [1.54, 1.807) is 72.8 Å². The molecule has 0 bridgehead atoms. The molecule has 0 heterocycles. The molecule has 148 valence electrons. The Hall–Kier alpha value is -3.99. The second-order valence-corrected chi connectivity index (χ2v) is 6.52. The maximum atomic E-state index is 13.0. The highest BCUT2D eigenvalue weighted by atomic mass is 19.1. The van der Waals surface area contributed by atoms with Gasteiger partial charge < -0.3 is 9.47 Å². The van der Waals surface area contributed by atoms with Gasteiger partial charge >= 0.3 is 6.16 Å². The molecule has 0 saturated carbocycles. The summed E-state index contributed by atoms with van der Waals surface area (Å²) in [4.78, 5) is 12.0. The van der Waals surface area contributed by atoms with Gasteiger partial charge in [-0.3, -0.25) is 0 Å². The SMILES string of the molecule is O=C(Oc1ccc(-c2ccc(F)cc2)cc1)Oc1ccc(-c2ccc(F)cc2)cc1. The molecule has 0 spiro atoms. The van der Waals surface area contributed by atoms with E-state index in [2.05, 4.69) is 0 Å². The molecule has 5 heteroatoms. The van der Waals surface area contributed by atoms with Gasteiger partial charge in [-0.1, -0.05) is 48.5 Å². The number of benzene rings is 4. The second-order valence-electron chi connectivity index (χ2n) is 6.52. The summed E-state index contributed by atoms with van der Waals surface area (Å²) < 4.78 is 36.4. The zero-order valence-corrected chi connectivity index (χ0v) is 15.7. The summed E-state index contributed by atoms with van der Waals surface area (Å²) in [6, 6.07) is 25.9. The molecule has 0 unspecified atom stereocenters. The van der Waals surface area contributed by atoms with Crippen molar-refractivity contribution in [3.05, 3.63) is 109 Å². The standard InChI is InChI=1S/C25H16F2O3/c26-21-9-1-17(2-10-21)19-5-13-23(14-6-19)29-25(28)30-24-15-7-20(8-16-24)18-3-11-22(27)12-4-18/h1-16H. The highest BCUT2D eigenvalue weighted by molar-refractivity contribution is 5.70. The summed E-state index contributed by atoms with van der Waals surface area (Å²) in [6.45, 7) is 0. The van der Waals surface area contributed by atoms with Gasteiger partial charge in [0.05, 0.1) is 0 Å². The van der Waals surface area contributed by atoms with Crippen LogP contribution < -0.4 is 9.47 Å². The first-order chi connectivity index (χ1) is 14.6. The summed E-state index contributed by atoms with van der Waals surface area (Å²) in [5, 5.41) is 0. The lowest BCUT2D eigenvalue weighted by Gasteiger charge is -2.08. The molecular formula is C25H16F2O3. The lowest BCUT2D eigenvalue weighted by Crippen LogP contribution is -2.13. The van der Waals surface area contributed by atoms with Gasteiger partial charge in [-0.2, -0.15) is 0 Å². The van der Waals surface area contributed by atoms with E-state index in [1.165, 1.54) is 24.3 Å². The molecule has 0 aromatic heterocycles. The van der Waals surface area contributed by atoms with E-state index in [0.717, 1.165) is 22.3 Å². The second kappa shape index (κ2) is 8.57. The zero-order valence-electron chi connectivity index (χ0n) is 15.7. The molecular weight excluding hydrogens is 386 g/mol. The van der Waals surface area contributed by atoms with Gasteiger partial charge in [0.2, 0.25) is 0 Å². The molecule has 0 aliphatic heterocycles. The first kappa shape index (κ1) is 19.3. The minimum atomic E-state index is -0.862. The van der Waals surface area contributed by atoms with Crippen LogP contribution in [0.2, 0.25) is 0 Å². The van der Waals surface area contributed by atoms with Crippen molar-refractivity contribution < 1.29 is 23.0 Å². The van der Waals surface area contributed by atoms with Crippen LogP contribution in [0.4, 0.5) is 13.6 Å². The van der Waals surface area contributed by atoms with Crippen molar-refractivity contribution in [3.63, 3.8) is 0 Å². The van der Waals surface area contributed by atoms with Crippen molar-refractivity contribution >= 4 is 6.16 Å². The van der Waals surface area contributed by atoms with Gasteiger partial charge in [0.25, 0.3) is 0 Å². The molecule has 0 atom stereocenters. The third-order valence-electron chi connectivity index (χ3n) is 4.47. The largest absolute Gasteiger partial charge is 0.519 e. The Bertz CT molecular complexity index is 1040. The summed E-state index contributed by atoms with van der Waals surface area (Å²) in [5.41, 5.74) is 3.44. The van der Waals surface area contributed by atoms with Crippen molar-refractivity contribution in [2.45, 2.75) is 0 Å². The zero-order chi connectivity index (χ0) is 20.9. The fourth-order valence-corrected chi connectivity index (χ4v) is 2.93. The van der Waals surface area contributed by atoms with Crippen LogP contribution in [-0.2, 0) is 0 Å². The van der Waals surface area contributed by atoms with E-state index < -0.39 is 6.16 Å². The third kappa shape index (κ3) is 4.70. The van der Waals surface area contributed by atoms with Crippen LogP contribution in [-0.4, -0.2) is 6.16 Å². The number of hydrogen-bond donors (Lipinski definition) is 0. The molecule has 30 heavy (non-hydrogen) atoms. The number of halogens is 2. The molecule has 0 fully saturated rings. The first-order valence-corrected chi connectivity index (χ1v) is 9.18. The summed E-state index contributed by atoms with van der Waals surface area (Å²) in [5.74, 6) is 0.0573. The number of carbonyl (C=O) groups is 1. The van der Waals surface area contributed by atoms with Gasteiger partial charge in [-0.25, -0.2) is 13.6 Å². The molecule has 0 amide bonds. The van der Waals surface area contributed by atoms with Crippen LogP contribution in [0.15, 0.2) is 97.1 Å². The average Bonchev–Trinajstić information content (AvgIpc) is 2.76. The predicted octanol–water partition coefficient (Wildman–Crippen LogP) is 6.88. The van der Waals surface area contributed by atoms with Crippen LogP contribution in [0.5, 0.6) is 11.5 Å². The molecule has 0 saturated heterocycles. The lowest BCUT2D eigenvalue weighted by molar-refractivity contribution is 0.152. The fraction of sp³-hybridized carbons (Fsp3) is 0. The average molecular weight is 402 g/mol. The van der Waals surface area contributed by atoms with Gasteiger partial charge in [-0.15, -0.1) is 0 Å². The molecule has 0 radical (unpaired) electrons. The van der Waals surface area contributed by atoms with E-state index in [0.29, 0.717) is 11.5 Å². The van der Waals surface area contributed by atoms with Gasteiger partial charge in [0.1, 0.15) is 23.1 Å². The Morgan fingerprint density at radius 1 is 0.467 bits per heavy atom. The normalized spacial score (nSPS) is 10.5. The smallest absolute Gasteiger partial charge is 0.395 e. The molecule has 0 aliphatic carbocycles. The number of ether oxygens (including phenoxy) is 2. The van der Waals surface area contributed by atoms with Crippen molar-refractivity contribution in [2.75, 3.05) is 0 Å². The minimum Gasteiger partial charge on any atom is -0.395 e. The Balaban J connectivity index is 1.37. The Kier molecular flexibility index (Phi) is 5.52. The molecule has 0 N–H and O–H groups in total. The van der Waals surface area contributed by atoms with Crippen LogP contribution in [0, 0.1) is 11.6 Å². The van der Waals surface area contributed by atoms with Crippen molar-refractivity contribution in [3.8, 4) is 33.8 Å². The molecule has 3 nitrogen and oxygen atoms in total. The van der Waals surface area contributed by atoms with Gasteiger partial charge in [0.15, 0.2) is 0 Å². The van der Waals surface area contributed by atoms with E-state index in [1.807, 2.05) is 0 Å². The van der Waals surface area contributed by atoms with Crippen LogP contribution in [0.25, 0.3) is 22.3 Å². The van der Waals surface area contributed by atoms with Crippen LogP contribution in [0.3, 0.4) is 0 Å². The number of hydrogen-bond acceptors (Lipinski definition) is 3. The van der Waals surface area contributed by atoms with E-state index in [4.69, 9.17) is 9.47 Å². The summed E-state index contributed by atoms with van der Waals surface area (Å²) in [6.07, 6.45) is -0.862. The monoisotopic (exact) mass is 402 g/mol. The minimum absolute atomic E-state index is 0.299. The van der Waals surface area contributed by atoms with Gasteiger partial charge in [-0.05, 0) is 70.8 Å². The Labute approximate surface area is 172 Å². The quantitative estimate of drug-likeness (QED) is 0.276. The highest BCUT2D eigenvalue weighted by Gasteiger charge is 2.09. The first-order valence-electron chi connectivity index (χ1n) is 9.18. The Morgan fingerprint density at radius 3 is 1.03 bits per heavy atom. The van der Waals surface area contributed by atoms with Crippen LogP contribution in [0.1, 0.15) is 0 Å². The lowest BCUT2D eigenvalue weighted by atomic mass is 10.1. The number of carbonyl (C=O) groups excluding carboxylic acids is 1. The Morgan fingerprint density at radius 2 is 0.733 bits per heavy atom. The highest BCUT2D eigenvalue weighted by Crippen LogP contribution is 2.25. The van der Waals surface area contributed by atoms with Gasteiger partial charge in [0, 0.05) is 0 Å². The van der Waals surface area contributed by atoms with E-state index >= 15 is 0 Å². The maximum Gasteiger partial charge on any atom is 0.519 e. The van der Waals surface area contributed by atoms with Crippen molar-refractivity contribution in [1.82, 2.24) is 0 Å². The fourth-order valence-electron chi connectivity index (χ4n) is 2.93. The van der Waals surface area contributed by atoms with Crippen LogP contribution >= 0.6 is 0 Å². The molecule has 4 rings (SSSR count). The molecule has 4 aromatic rings. The van der Waals surface area contributed by atoms with E-state index in [9.17, 15) is 13.6 Å². The summed E-state index contributed by atoms with van der Waals surface area (Å²) >= 11 is 0.